The van der Waals surface area contributed by atoms with Crippen molar-refractivity contribution in [1.82, 2.24) is 10.2 Å². The van der Waals surface area contributed by atoms with Crippen molar-refractivity contribution < 1.29 is 13.2 Å². The lowest BCUT2D eigenvalue weighted by Gasteiger charge is -2.12. The number of sulfonamides is 1. The second-order valence-corrected chi connectivity index (χ2v) is 7.54. The minimum atomic E-state index is -3.64. The zero-order valence-electron chi connectivity index (χ0n) is 14.8. The molecule has 8 heteroatoms. The monoisotopic (exact) mass is 384 g/mol. The van der Waals surface area contributed by atoms with Crippen LogP contribution in [0.3, 0.4) is 0 Å². The van der Waals surface area contributed by atoms with Gasteiger partial charge >= 0.3 is 0 Å². The van der Waals surface area contributed by atoms with Crippen LogP contribution in [-0.2, 0) is 10.0 Å². The summed E-state index contributed by atoms with van der Waals surface area (Å²) < 4.78 is 33.3. The largest absolute Gasteiger partial charge is 0.492 e. The first-order valence-corrected chi connectivity index (χ1v) is 9.84. The van der Waals surface area contributed by atoms with Gasteiger partial charge in [0.2, 0.25) is 0 Å². The van der Waals surface area contributed by atoms with Crippen LogP contribution in [0.5, 0.6) is 5.75 Å². The molecular weight excluding hydrogens is 364 g/mol. The number of anilines is 2. The molecule has 0 bridgehead atoms. The average molecular weight is 384 g/mol. The Balaban J connectivity index is 1.62. The van der Waals surface area contributed by atoms with Crippen LogP contribution in [0.2, 0.25) is 0 Å². The molecule has 3 aromatic rings. The van der Waals surface area contributed by atoms with Crippen molar-refractivity contribution in [2.75, 3.05) is 23.2 Å². The van der Waals surface area contributed by atoms with Gasteiger partial charge in [0.1, 0.15) is 12.4 Å². The van der Waals surface area contributed by atoms with Gasteiger partial charge in [-0.2, -0.15) is 10.2 Å². The molecule has 2 aromatic carbocycles. The lowest BCUT2D eigenvalue weighted by Crippen LogP contribution is -2.14. The van der Waals surface area contributed by atoms with Crippen LogP contribution in [0.4, 0.5) is 11.4 Å². The van der Waals surface area contributed by atoms with Gasteiger partial charge in [0.05, 0.1) is 28.7 Å². The fourth-order valence-electron chi connectivity index (χ4n) is 2.46. The van der Waals surface area contributed by atoms with E-state index in [2.05, 4.69) is 20.2 Å². The van der Waals surface area contributed by atoms with Crippen molar-refractivity contribution in [2.24, 2.45) is 0 Å². The molecule has 0 fully saturated rings. The highest BCUT2D eigenvalue weighted by atomic mass is 32.2. The van der Waals surface area contributed by atoms with E-state index in [1.165, 1.54) is 0 Å². The molecule has 3 rings (SSSR count). The van der Waals surface area contributed by atoms with E-state index in [1.54, 1.807) is 54.9 Å². The number of nitrogens with zero attached hydrogens (tertiary/aromatic N) is 2. The molecule has 2 N–H and O–H groups in total. The van der Waals surface area contributed by atoms with Crippen molar-refractivity contribution in [2.45, 2.75) is 11.8 Å². The standard InChI is InChI=1S/C19H20N4O3S/c1-15-11-17(23-27(24,25)19-5-3-2-4-6-19)13-18(12-15)26-10-9-20-16-7-8-21-22-14-16/h2-8,11-14,23H,9-10H2,1H3,(H,20,21). The minimum absolute atomic E-state index is 0.212. The second-order valence-electron chi connectivity index (χ2n) is 5.86. The Labute approximate surface area is 158 Å². The second kappa shape index (κ2) is 8.50. The molecule has 140 valence electrons. The maximum Gasteiger partial charge on any atom is 0.261 e. The smallest absolute Gasteiger partial charge is 0.261 e. The van der Waals surface area contributed by atoms with Gasteiger partial charge in [0, 0.05) is 12.6 Å². The maximum atomic E-state index is 12.5. The fourth-order valence-corrected chi connectivity index (χ4v) is 3.52. The highest BCUT2D eigenvalue weighted by Crippen LogP contribution is 2.23. The molecule has 0 aliphatic carbocycles. The predicted molar refractivity (Wildman–Crippen MR) is 104 cm³/mol. The van der Waals surface area contributed by atoms with Gasteiger partial charge in [-0.3, -0.25) is 4.72 Å². The number of aromatic nitrogens is 2. The summed E-state index contributed by atoms with van der Waals surface area (Å²) in [5.41, 5.74) is 2.21. The number of rotatable bonds is 8. The first kappa shape index (κ1) is 18.7. The van der Waals surface area contributed by atoms with E-state index in [9.17, 15) is 8.42 Å². The van der Waals surface area contributed by atoms with E-state index in [0.29, 0.717) is 24.6 Å². The van der Waals surface area contributed by atoms with Gasteiger partial charge in [-0.25, -0.2) is 8.42 Å². The quantitative estimate of drug-likeness (QED) is 0.580. The zero-order valence-corrected chi connectivity index (χ0v) is 15.6. The Bertz CT molecular complexity index is 980. The molecule has 0 aliphatic rings. The highest BCUT2D eigenvalue weighted by molar-refractivity contribution is 7.92. The summed E-state index contributed by atoms with van der Waals surface area (Å²) >= 11 is 0. The van der Waals surface area contributed by atoms with E-state index in [4.69, 9.17) is 4.74 Å². The van der Waals surface area contributed by atoms with Gasteiger partial charge < -0.3 is 10.1 Å². The summed E-state index contributed by atoms with van der Waals surface area (Å²) in [4.78, 5) is 0.212. The molecule has 1 heterocycles. The molecule has 27 heavy (non-hydrogen) atoms. The van der Waals surface area contributed by atoms with Crippen LogP contribution in [0.15, 0.2) is 71.9 Å². The summed E-state index contributed by atoms with van der Waals surface area (Å²) in [5.74, 6) is 0.593. The summed E-state index contributed by atoms with van der Waals surface area (Å²) in [5, 5.41) is 10.7. The third-order valence-corrected chi connectivity index (χ3v) is 5.04. The summed E-state index contributed by atoms with van der Waals surface area (Å²) in [6.07, 6.45) is 3.23. The molecule has 0 spiro atoms. The fraction of sp³-hybridized carbons (Fsp3) is 0.158. The number of hydrogen-bond donors (Lipinski definition) is 2. The topological polar surface area (TPSA) is 93.2 Å². The van der Waals surface area contributed by atoms with Crippen molar-refractivity contribution >= 4 is 21.4 Å². The van der Waals surface area contributed by atoms with E-state index in [0.717, 1.165) is 11.3 Å². The average Bonchev–Trinajstić information content (AvgIpc) is 2.66. The predicted octanol–water partition coefficient (Wildman–Crippen LogP) is 3.08. The Morgan fingerprint density at radius 2 is 1.81 bits per heavy atom. The number of aryl methyl sites for hydroxylation is 1. The third-order valence-electron chi connectivity index (χ3n) is 3.64. The molecular formula is C19H20N4O3S. The third kappa shape index (κ3) is 5.42. The van der Waals surface area contributed by atoms with Crippen LogP contribution in [-0.4, -0.2) is 31.8 Å². The zero-order chi connectivity index (χ0) is 19.1. The van der Waals surface area contributed by atoms with Gasteiger partial charge in [-0.15, -0.1) is 0 Å². The van der Waals surface area contributed by atoms with Crippen molar-refractivity contribution in [3.05, 3.63) is 72.6 Å². The molecule has 0 saturated heterocycles. The Morgan fingerprint density at radius 1 is 1.00 bits per heavy atom. The Kier molecular flexibility index (Phi) is 5.87. The minimum Gasteiger partial charge on any atom is -0.492 e. The molecule has 1 aromatic heterocycles. The number of nitrogens with one attached hydrogen (secondary N) is 2. The van der Waals surface area contributed by atoms with Crippen LogP contribution >= 0.6 is 0 Å². The summed E-state index contributed by atoms with van der Waals surface area (Å²) in [6, 6.07) is 15.3. The first-order valence-electron chi connectivity index (χ1n) is 8.36. The van der Waals surface area contributed by atoms with Gasteiger partial charge in [-0.05, 0) is 42.8 Å². The van der Waals surface area contributed by atoms with Crippen molar-refractivity contribution in [1.29, 1.82) is 0 Å². The van der Waals surface area contributed by atoms with E-state index >= 15 is 0 Å². The lowest BCUT2D eigenvalue weighted by molar-refractivity contribution is 0.333. The number of benzene rings is 2. The van der Waals surface area contributed by atoms with E-state index in [1.807, 2.05) is 19.1 Å². The molecule has 0 unspecified atom stereocenters. The number of ether oxygens (including phenoxy) is 1. The lowest BCUT2D eigenvalue weighted by atomic mass is 10.2. The molecule has 0 atom stereocenters. The molecule has 0 aliphatic heterocycles. The molecule has 0 amide bonds. The Morgan fingerprint density at radius 3 is 2.56 bits per heavy atom. The van der Waals surface area contributed by atoms with Gasteiger partial charge in [0.25, 0.3) is 10.0 Å². The SMILES string of the molecule is Cc1cc(NS(=O)(=O)c2ccccc2)cc(OCCNc2ccnnc2)c1. The van der Waals surface area contributed by atoms with Crippen LogP contribution in [0.25, 0.3) is 0 Å². The van der Waals surface area contributed by atoms with Crippen LogP contribution < -0.4 is 14.8 Å². The van der Waals surface area contributed by atoms with Gasteiger partial charge in [-0.1, -0.05) is 18.2 Å². The van der Waals surface area contributed by atoms with Gasteiger partial charge in [0.15, 0.2) is 0 Å². The highest BCUT2D eigenvalue weighted by Gasteiger charge is 2.14. The normalized spacial score (nSPS) is 11.0. The van der Waals surface area contributed by atoms with E-state index in [-0.39, 0.29) is 4.90 Å². The molecule has 0 radical (unpaired) electrons. The maximum absolute atomic E-state index is 12.5. The molecule has 0 saturated carbocycles. The first-order chi connectivity index (χ1) is 13.0. The Hall–Kier alpha value is -3.13. The van der Waals surface area contributed by atoms with Crippen LogP contribution in [0, 0.1) is 6.92 Å². The van der Waals surface area contributed by atoms with Crippen molar-refractivity contribution in [3.63, 3.8) is 0 Å². The van der Waals surface area contributed by atoms with Crippen molar-refractivity contribution in [3.8, 4) is 5.75 Å². The summed E-state index contributed by atoms with van der Waals surface area (Å²) in [7, 11) is -3.64. The molecule has 7 nitrogen and oxygen atoms in total. The van der Waals surface area contributed by atoms with Crippen LogP contribution in [0.1, 0.15) is 5.56 Å². The van der Waals surface area contributed by atoms with E-state index < -0.39 is 10.0 Å². The summed E-state index contributed by atoms with van der Waals surface area (Å²) in [6.45, 7) is 2.87. The number of hydrogen-bond acceptors (Lipinski definition) is 6.